The number of hydrogen-bond acceptors (Lipinski definition) is 0. The molecule has 0 nitrogen and oxygen atoms in total. The van der Waals surface area contributed by atoms with Gasteiger partial charge in [0.05, 0.1) is 0 Å². The zero-order valence-corrected chi connectivity index (χ0v) is 26.6. The Kier molecular flexibility index (Phi) is 6.55. The molecule has 0 atom stereocenters. The predicted molar refractivity (Wildman–Crippen MR) is 210 cm³/mol. The van der Waals surface area contributed by atoms with E-state index in [2.05, 4.69) is 171 Å². The highest BCUT2D eigenvalue weighted by Gasteiger charge is 2.19. The van der Waals surface area contributed by atoms with Crippen molar-refractivity contribution in [3.05, 3.63) is 182 Å². The van der Waals surface area contributed by atoms with Gasteiger partial charge in [0.2, 0.25) is 0 Å². The minimum Gasteiger partial charge on any atom is -0.0984 e. The number of benzene rings is 9. The Morgan fingerprint density at radius 3 is 1.52 bits per heavy atom. The second kappa shape index (κ2) is 11.2. The average Bonchev–Trinajstić information content (AvgIpc) is 3.16. The Morgan fingerprint density at radius 1 is 0.333 bits per heavy atom. The summed E-state index contributed by atoms with van der Waals surface area (Å²) in [6.07, 6.45) is 3.83. The third-order valence-electron chi connectivity index (χ3n) is 9.97. The minimum absolute atomic E-state index is 1.09. The van der Waals surface area contributed by atoms with Crippen molar-refractivity contribution in [2.45, 2.75) is 0 Å². The molecule has 9 rings (SSSR count). The molecule has 224 valence electrons. The van der Waals surface area contributed by atoms with Gasteiger partial charge in [0.25, 0.3) is 0 Å². The molecule has 0 spiro atoms. The van der Waals surface area contributed by atoms with Crippen molar-refractivity contribution in [2.24, 2.45) is 0 Å². The molecule has 0 amide bonds. The molecule has 48 heavy (non-hydrogen) atoms. The van der Waals surface area contributed by atoms with Gasteiger partial charge in [-0.15, -0.1) is 0 Å². The second-order valence-electron chi connectivity index (χ2n) is 12.5. The van der Waals surface area contributed by atoms with Gasteiger partial charge in [0.1, 0.15) is 0 Å². The van der Waals surface area contributed by atoms with Crippen molar-refractivity contribution in [3.8, 4) is 33.4 Å². The van der Waals surface area contributed by atoms with Gasteiger partial charge in [-0.2, -0.15) is 0 Å². The normalized spacial score (nSPS) is 11.5. The van der Waals surface area contributed by atoms with Crippen LogP contribution in [-0.4, -0.2) is 0 Å². The molecule has 0 heterocycles. The topological polar surface area (TPSA) is 0 Å². The lowest BCUT2D eigenvalue weighted by molar-refractivity contribution is 1.58. The Morgan fingerprint density at radius 2 is 0.875 bits per heavy atom. The summed E-state index contributed by atoms with van der Waals surface area (Å²) in [6.45, 7) is 8.09. The fraction of sp³-hybridized carbons (Fsp3) is 0. The van der Waals surface area contributed by atoms with Crippen LogP contribution in [0.2, 0.25) is 0 Å². The van der Waals surface area contributed by atoms with Crippen LogP contribution in [0.15, 0.2) is 171 Å². The monoisotopic (exact) mass is 608 g/mol. The maximum absolute atomic E-state index is 4.09. The maximum atomic E-state index is 4.09. The lowest BCUT2D eigenvalue weighted by atomic mass is 9.83. The summed E-state index contributed by atoms with van der Waals surface area (Å²) in [5, 5.41) is 12.6. The molecule has 0 fully saturated rings. The van der Waals surface area contributed by atoms with E-state index in [1.54, 1.807) is 0 Å². The van der Waals surface area contributed by atoms with Crippen molar-refractivity contribution >= 4 is 66.0 Å². The smallest absolute Gasteiger partial charge is 0.00199 e. The lowest BCUT2D eigenvalue weighted by Gasteiger charge is -2.20. The van der Waals surface area contributed by atoms with E-state index in [-0.39, 0.29) is 0 Å². The molecule has 0 saturated heterocycles. The van der Waals surface area contributed by atoms with Gasteiger partial charge in [0, 0.05) is 0 Å². The van der Waals surface area contributed by atoms with Gasteiger partial charge in [-0.25, -0.2) is 0 Å². The Balaban J connectivity index is 1.29. The van der Waals surface area contributed by atoms with Crippen LogP contribution in [0.4, 0.5) is 0 Å². The predicted octanol–water partition coefficient (Wildman–Crippen LogP) is 13.7. The van der Waals surface area contributed by atoms with Gasteiger partial charge in [0.15, 0.2) is 0 Å². The first-order valence-electron chi connectivity index (χ1n) is 16.5. The van der Waals surface area contributed by atoms with E-state index in [0.29, 0.717) is 0 Å². The Labute approximate surface area is 280 Å². The molecular weight excluding hydrogens is 577 g/mol. The molecular formula is C48H32. The average molecular weight is 609 g/mol. The summed E-state index contributed by atoms with van der Waals surface area (Å²) < 4.78 is 0. The summed E-state index contributed by atoms with van der Waals surface area (Å²) in [4.78, 5) is 0. The first kappa shape index (κ1) is 28.0. The summed E-state index contributed by atoms with van der Waals surface area (Å²) in [5.41, 5.74) is 9.61. The Hall–Kier alpha value is -6.24. The third-order valence-corrected chi connectivity index (χ3v) is 9.97. The van der Waals surface area contributed by atoms with Crippen LogP contribution in [0.25, 0.3) is 99.4 Å². The van der Waals surface area contributed by atoms with Crippen molar-refractivity contribution in [1.29, 1.82) is 0 Å². The number of rotatable bonds is 5. The highest BCUT2D eigenvalue weighted by atomic mass is 14.2. The number of hydrogen-bond donors (Lipinski definition) is 0. The quantitative estimate of drug-likeness (QED) is 0.135. The van der Waals surface area contributed by atoms with Crippen LogP contribution in [0.3, 0.4) is 0 Å². The van der Waals surface area contributed by atoms with Gasteiger partial charge >= 0.3 is 0 Å². The van der Waals surface area contributed by atoms with Crippen molar-refractivity contribution < 1.29 is 0 Å². The largest absolute Gasteiger partial charge is 0.0984 e. The molecule has 0 bridgehead atoms. The summed E-state index contributed by atoms with van der Waals surface area (Å²) in [7, 11) is 0. The number of fused-ring (bicyclic) bond motifs is 6. The van der Waals surface area contributed by atoms with E-state index in [1.807, 2.05) is 12.2 Å². The van der Waals surface area contributed by atoms with E-state index >= 15 is 0 Å². The van der Waals surface area contributed by atoms with Crippen LogP contribution in [-0.2, 0) is 0 Å². The summed E-state index contributed by atoms with van der Waals surface area (Å²) in [6, 6.07) is 57.9. The summed E-state index contributed by atoms with van der Waals surface area (Å²) >= 11 is 0. The van der Waals surface area contributed by atoms with Crippen molar-refractivity contribution in [1.82, 2.24) is 0 Å². The first-order chi connectivity index (χ1) is 23.7. The van der Waals surface area contributed by atoms with Crippen LogP contribution in [0.5, 0.6) is 0 Å². The molecule has 0 unspecified atom stereocenters. The van der Waals surface area contributed by atoms with E-state index < -0.39 is 0 Å². The maximum Gasteiger partial charge on any atom is -0.00199 e. The molecule has 0 aliphatic heterocycles. The van der Waals surface area contributed by atoms with E-state index in [0.717, 1.165) is 11.1 Å². The Bertz CT molecular complexity index is 2700. The second-order valence-corrected chi connectivity index (χ2v) is 12.5. The highest BCUT2D eigenvalue weighted by Crippen LogP contribution is 2.47. The van der Waals surface area contributed by atoms with E-state index in [9.17, 15) is 0 Å². The standard InChI is InChI=1S/C48H32/c1-3-31-15-13-23-38(37(31)4-2)35-26-24-33-29-36(27-25-32(33)28-35)47-42-19-9-11-21-44(42)48(45-22-12-10-20-43(45)47)46-30-34-14-5-6-16-39(34)40-17-7-8-18-41(40)46/h3-30H,1-2H2. The van der Waals surface area contributed by atoms with Gasteiger partial charge in [-0.05, 0) is 117 Å². The van der Waals surface area contributed by atoms with Crippen LogP contribution in [0.1, 0.15) is 11.1 Å². The minimum atomic E-state index is 1.09. The van der Waals surface area contributed by atoms with E-state index in [4.69, 9.17) is 0 Å². The molecule has 0 aromatic heterocycles. The third kappa shape index (κ3) is 4.31. The van der Waals surface area contributed by atoms with Gasteiger partial charge < -0.3 is 0 Å². The van der Waals surface area contributed by atoms with Crippen LogP contribution < -0.4 is 0 Å². The molecule has 0 heteroatoms. The first-order valence-corrected chi connectivity index (χ1v) is 16.5. The van der Waals surface area contributed by atoms with Gasteiger partial charge in [-0.1, -0.05) is 165 Å². The molecule has 0 aliphatic rings. The molecule has 9 aromatic rings. The molecule has 0 saturated carbocycles. The molecule has 0 radical (unpaired) electrons. The van der Waals surface area contributed by atoms with Crippen LogP contribution >= 0.6 is 0 Å². The van der Waals surface area contributed by atoms with Crippen molar-refractivity contribution in [3.63, 3.8) is 0 Å². The van der Waals surface area contributed by atoms with E-state index in [1.165, 1.54) is 87.2 Å². The van der Waals surface area contributed by atoms with Gasteiger partial charge in [-0.3, -0.25) is 0 Å². The lowest BCUT2D eigenvalue weighted by Crippen LogP contribution is -1.92. The zero-order valence-electron chi connectivity index (χ0n) is 26.6. The molecule has 0 aliphatic carbocycles. The fourth-order valence-corrected chi connectivity index (χ4v) is 7.80. The van der Waals surface area contributed by atoms with Crippen molar-refractivity contribution in [2.75, 3.05) is 0 Å². The summed E-state index contributed by atoms with van der Waals surface area (Å²) in [5.74, 6) is 0. The highest BCUT2D eigenvalue weighted by molar-refractivity contribution is 6.26. The molecule has 9 aromatic carbocycles. The van der Waals surface area contributed by atoms with Crippen LogP contribution in [0, 0.1) is 0 Å². The zero-order chi connectivity index (χ0) is 32.2. The SMILES string of the molecule is C=Cc1cccc(-c2ccc3cc(-c4c5ccccc5c(-c5cc6ccccc6c6ccccc56)c5ccccc45)ccc3c2)c1C=C. The fourth-order valence-electron chi connectivity index (χ4n) is 7.80. The molecule has 0 N–H and O–H groups in total.